The van der Waals surface area contributed by atoms with Crippen LogP contribution in [0.3, 0.4) is 0 Å². The summed E-state index contributed by atoms with van der Waals surface area (Å²) in [5, 5.41) is 5.93. The predicted molar refractivity (Wildman–Crippen MR) is 130 cm³/mol. The Hall–Kier alpha value is -2.65. The van der Waals surface area contributed by atoms with E-state index < -0.39 is 36.3 Å². The van der Waals surface area contributed by atoms with Gasteiger partial charge in [-0.05, 0) is 37.3 Å². The van der Waals surface area contributed by atoms with Gasteiger partial charge in [0.1, 0.15) is 18.1 Å². The molecule has 3 amide bonds. The molecule has 2 fully saturated rings. The van der Waals surface area contributed by atoms with Crippen molar-refractivity contribution < 1.29 is 28.7 Å². The molecule has 2 N–H and O–H groups in total. The predicted octanol–water partition coefficient (Wildman–Crippen LogP) is 2.66. The number of nitrogens with one attached hydrogen (secondary N) is 2. The van der Waals surface area contributed by atoms with Gasteiger partial charge in [-0.15, -0.1) is 0 Å². The van der Waals surface area contributed by atoms with E-state index in [4.69, 9.17) is 21.1 Å². The Kier molecular flexibility index (Phi) is 9.51. The highest BCUT2D eigenvalue weighted by Gasteiger charge is 2.42. The van der Waals surface area contributed by atoms with E-state index in [-0.39, 0.29) is 29.7 Å². The number of cyclic esters (lactones) is 1. The second-order valence-electron chi connectivity index (χ2n) is 9.27. The van der Waals surface area contributed by atoms with Gasteiger partial charge in [-0.2, -0.15) is 0 Å². The zero-order valence-electron chi connectivity index (χ0n) is 20.4. The minimum absolute atomic E-state index is 0.0196. The number of hydrogen-bond acceptors (Lipinski definition) is 6. The fraction of sp³-hybridized carbons (Fsp3) is 0.600. The van der Waals surface area contributed by atoms with Gasteiger partial charge in [0.15, 0.2) is 0 Å². The minimum atomic E-state index is -0.832. The Morgan fingerprint density at radius 2 is 2.00 bits per heavy atom. The first-order chi connectivity index (χ1) is 16.7. The third kappa shape index (κ3) is 6.73. The molecular formula is C25H34ClN3O6. The average Bonchev–Trinajstić information content (AvgIpc) is 3.44. The summed E-state index contributed by atoms with van der Waals surface area (Å²) in [6.07, 6.45) is 2.08. The molecule has 2 aliphatic heterocycles. The number of nitrogens with zero attached hydrogens (tertiary/aromatic N) is 1. The number of likely N-dealkylation sites (tertiary alicyclic amines) is 1. The largest absolute Gasteiger partial charge is 0.433 e. The molecule has 3 rings (SSSR count). The minimum Gasteiger partial charge on any atom is -0.433 e. The van der Waals surface area contributed by atoms with E-state index in [1.165, 1.54) is 4.90 Å². The maximum Gasteiger partial charge on any atom is 0.310 e. The van der Waals surface area contributed by atoms with Crippen LogP contribution in [0.1, 0.15) is 63.2 Å². The normalized spacial score (nSPS) is 22.7. The Bertz CT molecular complexity index is 940. The Morgan fingerprint density at radius 3 is 2.69 bits per heavy atom. The lowest BCUT2D eigenvalue weighted by atomic mass is 10.0. The van der Waals surface area contributed by atoms with Crippen LogP contribution in [0.15, 0.2) is 24.3 Å². The standard InChI is InChI=1S/C25H34ClN3O6/c1-4-5-13-34-25-18(14-20(30)35-25)27-23(32)19-11-8-12-29(19)24(33)21(15(2)3)28-22(31)16-9-6-7-10-17(16)26/h6-7,9-10,15,18-19,21,25H,4-5,8,11-14H2,1-3H3,(H,27,32)(H,28,31)/t18-,19-,21-,25-/m0/s1. The van der Waals surface area contributed by atoms with Crippen LogP contribution in [0.25, 0.3) is 0 Å². The maximum atomic E-state index is 13.5. The number of esters is 1. The van der Waals surface area contributed by atoms with Crippen LogP contribution in [0.4, 0.5) is 0 Å². The van der Waals surface area contributed by atoms with Crippen molar-refractivity contribution in [3.05, 3.63) is 34.9 Å². The average molecular weight is 508 g/mol. The molecule has 0 spiro atoms. The molecule has 2 saturated heterocycles. The quantitative estimate of drug-likeness (QED) is 0.372. The molecule has 9 nitrogen and oxygen atoms in total. The molecule has 0 bridgehead atoms. The molecule has 0 unspecified atom stereocenters. The van der Waals surface area contributed by atoms with Gasteiger partial charge in [-0.3, -0.25) is 19.2 Å². The molecule has 0 aromatic heterocycles. The van der Waals surface area contributed by atoms with E-state index in [0.717, 1.165) is 12.8 Å². The first-order valence-corrected chi connectivity index (χ1v) is 12.6. The van der Waals surface area contributed by atoms with Crippen molar-refractivity contribution in [1.29, 1.82) is 0 Å². The number of carbonyl (C=O) groups is 4. The van der Waals surface area contributed by atoms with Crippen molar-refractivity contribution in [2.24, 2.45) is 5.92 Å². The molecule has 0 saturated carbocycles. The zero-order chi connectivity index (χ0) is 25.5. The molecule has 2 heterocycles. The molecule has 35 heavy (non-hydrogen) atoms. The van der Waals surface area contributed by atoms with Gasteiger partial charge in [-0.1, -0.05) is 50.9 Å². The molecule has 4 atom stereocenters. The van der Waals surface area contributed by atoms with Crippen molar-refractivity contribution in [3.8, 4) is 0 Å². The van der Waals surface area contributed by atoms with Crippen molar-refractivity contribution in [2.75, 3.05) is 13.2 Å². The van der Waals surface area contributed by atoms with E-state index in [0.29, 0.717) is 31.0 Å². The van der Waals surface area contributed by atoms with E-state index in [1.807, 2.05) is 20.8 Å². The third-order valence-corrected chi connectivity index (χ3v) is 6.58. The van der Waals surface area contributed by atoms with Gasteiger partial charge >= 0.3 is 5.97 Å². The second kappa shape index (κ2) is 12.4. The molecule has 0 aliphatic carbocycles. The van der Waals surface area contributed by atoms with Gasteiger partial charge < -0.3 is 25.0 Å². The van der Waals surface area contributed by atoms with Crippen LogP contribution in [-0.4, -0.2) is 66.2 Å². The molecule has 0 radical (unpaired) electrons. The van der Waals surface area contributed by atoms with Gasteiger partial charge in [-0.25, -0.2) is 0 Å². The summed E-state index contributed by atoms with van der Waals surface area (Å²) in [6.45, 7) is 6.52. The third-order valence-electron chi connectivity index (χ3n) is 6.25. The van der Waals surface area contributed by atoms with Crippen molar-refractivity contribution >= 4 is 35.3 Å². The second-order valence-corrected chi connectivity index (χ2v) is 9.67. The smallest absolute Gasteiger partial charge is 0.310 e. The first-order valence-electron chi connectivity index (χ1n) is 12.2. The van der Waals surface area contributed by atoms with Crippen LogP contribution in [0, 0.1) is 5.92 Å². The highest BCUT2D eigenvalue weighted by molar-refractivity contribution is 6.33. The van der Waals surface area contributed by atoms with Gasteiger partial charge in [0, 0.05) is 6.54 Å². The highest BCUT2D eigenvalue weighted by Crippen LogP contribution is 2.23. The molecule has 192 valence electrons. The number of ether oxygens (including phenoxy) is 2. The van der Waals surface area contributed by atoms with E-state index in [1.54, 1.807) is 24.3 Å². The lowest BCUT2D eigenvalue weighted by Gasteiger charge is -2.31. The molecule has 2 aliphatic rings. The van der Waals surface area contributed by atoms with Crippen LogP contribution in [0.5, 0.6) is 0 Å². The lowest BCUT2D eigenvalue weighted by Crippen LogP contribution is -2.56. The number of hydrogen-bond donors (Lipinski definition) is 2. The first kappa shape index (κ1) is 26.9. The van der Waals surface area contributed by atoms with E-state index >= 15 is 0 Å². The number of rotatable bonds is 10. The molecule has 1 aromatic rings. The lowest BCUT2D eigenvalue weighted by molar-refractivity contribution is -0.165. The number of halogens is 1. The Balaban J connectivity index is 1.67. The Morgan fingerprint density at radius 1 is 1.26 bits per heavy atom. The summed E-state index contributed by atoms with van der Waals surface area (Å²) >= 11 is 6.14. The fourth-order valence-corrected chi connectivity index (χ4v) is 4.51. The van der Waals surface area contributed by atoms with Crippen molar-refractivity contribution in [3.63, 3.8) is 0 Å². The van der Waals surface area contributed by atoms with Crippen LogP contribution < -0.4 is 10.6 Å². The summed E-state index contributed by atoms with van der Waals surface area (Å²) in [5.74, 6) is -1.78. The van der Waals surface area contributed by atoms with Crippen molar-refractivity contribution in [2.45, 2.75) is 77.3 Å². The summed E-state index contributed by atoms with van der Waals surface area (Å²) in [7, 11) is 0. The van der Waals surface area contributed by atoms with Gasteiger partial charge in [0.2, 0.25) is 18.1 Å². The topological polar surface area (TPSA) is 114 Å². The number of carbonyl (C=O) groups excluding carboxylic acids is 4. The van der Waals surface area contributed by atoms with Crippen LogP contribution >= 0.6 is 11.6 Å². The van der Waals surface area contributed by atoms with Crippen LogP contribution in [-0.2, 0) is 23.9 Å². The fourth-order valence-electron chi connectivity index (χ4n) is 4.29. The summed E-state index contributed by atoms with van der Waals surface area (Å²) in [6, 6.07) is 4.49. The summed E-state index contributed by atoms with van der Waals surface area (Å²) in [4.78, 5) is 52.8. The zero-order valence-corrected chi connectivity index (χ0v) is 21.2. The van der Waals surface area contributed by atoms with E-state index in [9.17, 15) is 19.2 Å². The summed E-state index contributed by atoms with van der Waals surface area (Å²) < 4.78 is 10.8. The van der Waals surface area contributed by atoms with Crippen molar-refractivity contribution in [1.82, 2.24) is 15.5 Å². The monoisotopic (exact) mass is 507 g/mol. The molecular weight excluding hydrogens is 474 g/mol. The summed E-state index contributed by atoms with van der Waals surface area (Å²) in [5.41, 5.74) is 0.281. The number of unbranched alkanes of at least 4 members (excludes halogenated alkanes) is 1. The number of amides is 3. The Labute approximate surface area is 210 Å². The van der Waals surface area contributed by atoms with Gasteiger partial charge in [0.25, 0.3) is 5.91 Å². The van der Waals surface area contributed by atoms with Crippen LogP contribution in [0.2, 0.25) is 5.02 Å². The SMILES string of the molecule is CCCCO[C@H]1OC(=O)C[C@@H]1NC(=O)[C@@H]1CCCN1C(=O)[C@@H](NC(=O)c1ccccc1Cl)C(C)C. The van der Waals surface area contributed by atoms with Gasteiger partial charge in [0.05, 0.1) is 23.6 Å². The molecule has 1 aromatic carbocycles. The highest BCUT2D eigenvalue weighted by atomic mass is 35.5. The van der Waals surface area contributed by atoms with E-state index in [2.05, 4.69) is 10.6 Å². The maximum absolute atomic E-state index is 13.5. The molecule has 10 heteroatoms. The number of benzene rings is 1.